The lowest BCUT2D eigenvalue weighted by molar-refractivity contribution is -0.127. The molecule has 27 heavy (non-hydrogen) atoms. The molecule has 0 saturated carbocycles. The van der Waals surface area contributed by atoms with E-state index >= 15 is 0 Å². The minimum atomic E-state index is -0.605. The Morgan fingerprint density at radius 1 is 1.11 bits per heavy atom. The molecule has 0 aromatic heterocycles. The van der Waals surface area contributed by atoms with E-state index in [9.17, 15) is 9.59 Å². The molecule has 142 valence electrons. The Morgan fingerprint density at radius 2 is 1.81 bits per heavy atom. The van der Waals surface area contributed by atoms with Crippen LogP contribution in [-0.2, 0) is 4.79 Å². The molecule has 3 rings (SSSR count). The molecule has 0 spiro atoms. The van der Waals surface area contributed by atoms with Crippen molar-refractivity contribution in [3.8, 4) is 5.75 Å². The van der Waals surface area contributed by atoms with E-state index in [1.54, 1.807) is 17.0 Å². The molecule has 1 aliphatic rings. The van der Waals surface area contributed by atoms with Crippen molar-refractivity contribution in [3.63, 3.8) is 0 Å². The number of hydrogen-bond acceptors (Lipinski definition) is 3. The smallest absolute Gasteiger partial charge is 0.323 e. The Morgan fingerprint density at radius 3 is 2.52 bits per heavy atom. The number of nitrogens with one attached hydrogen (secondary N) is 2. The molecule has 0 saturated heterocycles. The molecule has 2 N–H and O–H groups in total. The van der Waals surface area contributed by atoms with Crippen LogP contribution in [0.15, 0.2) is 48.5 Å². The molecule has 6 heteroatoms. The zero-order valence-electron chi connectivity index (χ0n) is 15.9. The van der Waals surface area contributed by atoms with Gasteiger partial charge in [-0.05, 0) is 44.5 Å². The van der Waals surface area contributed by atoms with E-state index in [1.165, 1.54) is 0 Å². The number of benzene rings is 2. The molecule has 6 nitrogen and oxygen atoms in total. The van der Waals surface area contributed by atoms with Crippen LogP contribution in [0.2, 0.25) is 0 Å². The van der Waals surface area contributed by atoms with E-state index < -0.39 is 5.41 Å². The maximum Gasteiger partial charge on any atom is 0.323 e. The van der Waals surface area contributed by atoms with Crippen LogP contribution in [0.3, 0.4) is 0 Å². The zero-order valence-corrected chi connectivity index (χ0v) is 15.9. The highest BCUT2D eigenvalue weighted by Gasteiger charge is 2.37. The standard InChI is InChI=1S/C21H25N3O3/c1-4-12-24-17-11-10-16(13-18(17)27-14-21(2,3)19(24)25)23-20(26)22-15-8-6-5-7-9-15/h5-11,13H,4,12,14H2,1-3H3,(H2,22,23,26). The number of ether oxygens (including phenoxy) is 1. The third kappa shape index (κ3) is 4.22. The molecular formula is C21H25N3O3. The van der Waals surface area contributed by atoms with E-state index in [2.05, 4.69) is 10.6 Å². The lowest BCUT2D eigenvalue weighted by atomic mass is 9.93. The van der Waals surface area contributed by atoms with E-state index in [4.69, 9.17) is 4.74 Å². The molecule has 2 aromatic rings. The molecule has 0 unspecified atom stereocenters. The van der Waals surface area contributed by atoms with E-state index in [0.717, 1.165) is 12.1 Å². The fraction of sp³-hybridized carbons (Fsp3) is 0.333. The molecule has 3 amide bonds. The van der Waals surface area contributed by atoms with Gasteiger partial charge in [0.25, 0.3) is 0 Å². The van der Waals surface area contributed by atoms with Gasteiger partial charge in [-0.3, -0.25) is 4.79 Å². The SMILES string of the molecule is CCCN1C(=O)C(C)(C)COc2cc(NC(=O)Nc3ccccc3)ccc21. The molecule has 1 heterocycles. The van der Waals surface area contributed by atoms with Gasteiger partial charge in [0.2, 0.25) is 5.91 Å². The number of rotatable bonds is 4. The average molecular weight is 367 g/mol. The number of amides is 3. The summed E-state index contributed by atoms with van der Waals surface area (Å²) in [5.41, 5.74) is 1.45. The molecule has 0 fully saturated rings. The van der Waals surface area contributed by atoms with Crippen molar-refractivity contribution >= 4 is 29.0 Å². The van der Waals surface area contributed by atoms with Crippen LogP contribution >= 0.6 is 0 Å². The third-order valence-corrected chi connectivity index (χ3v) is 4.40. The summed E-state index contributed by atoms with van der Waals surface area (Å²) < 4.78 is 5.92. The highest BCUT2D eigenvalue weighted by molar-refractivity contribution is 6.02. The summed E-state index contributed by atoms with van der Waals surface area (Å²) in [6.07, 6.45) is 0.848. The van der Waals surface area contributed by atoms with Gasteiger partial charge in [-0.1, -0.05) is 25.1 Å². The number of anilines is 3. The normalized spacial score (nSPS) is 15.4. The van der Waals surface area contributed by atoms with Crippen molar-refractivity contribution in [2.75, 3.05) is 28.7 Å². The van der Waals surface area contributed by atoms with Crippen LogP contribution in [0.4, 0.5) is 21.9 Å². The minimum absolute atomic E-state index is 0.0469. The molecule has 0 bridgehead atoms. The van der Waals surface area contributed by atoms with Crippen molar-refractivity contribution in [1.29, 1.82) is 0 Å². The Labute approximate surface area is 159 Å². The maximum atomic E-state index is 12.9. The summed E-state index contributed by atoms with van der Waals surface area (Å²) in [6, 6.07) is 14.3. The summed E-state index contributed by atoms with van der Waals surface area (Å²) in [5, 5.41) is 5.58. The molecular weight excluding hydrogens is 342 g/mol. The minimum Gasteiger partial charge on any atom is -0.490 e. The van der Waals surface area contributed by atoms with Gasteiger partial charge in [-0.25, -0.2) is 4.79 Å². The van der Waals surface area contributed by atoms with Gasteiger partial charge in [0.05, 0.1) is 11.1 Å². The maximum absolute atomic E-state index is 12.9. The number of urea groups is 1. The van der Waals surface area contributed by atoms with Crippen molar-refractivity contribution in [2.45, 2.75) is 27.2 Å². The molecule has 0 aliphatic carbocycles. The molecule has 0 atom stereocenters. The second-order valence-electron chi connectivity index (χ2n) is 7.26. The van der Waals surface area contributed by atoms with Crippen molar-refractivity contribution in [3.05, 3.63) is 48.5 Å². The molecule has 0 radical (unpaired) electrons. The first-order valence-electron chi connectivity index (χ1n) is 9.12. The summed E-state index contributed by atoms with van der Waals surface area (Å²) >= 11 is 0. The summed E-state index contributed by atoms with van der Waals surface area (Å²) in [4.78, 5) is 26.8. The van der Waals surface area contributed by atoms with Crippen molar-refractivity contribution in [1.82, 2.24) is 0 Å². The van der Waals surface area contributed by atoms with Gasteiger partial charge in [0, 0.05) is 24.0 Å². The first-order valence-corrected chi connectivity index (χ1v) is 9.12. The zero-order chi connectivity index (χ0) is 19.4. The number of carbonyl (C=O) groups excluding carboxylic acids is 2. The Kier molecular flexibility index (Phi) is 5.35. The van der Waals surface area contributed by atoms with E-state index in [-0.39, 0.29) is 11.9 Å². The van der Waals surface area contributed by atoms with Gasteiger partial charge in [0.15, 0.2) is 0 Å². The monoisotopic (exact) mass is 367 g/mol. The van der Waals surface area contributed by atoms with Gasteiger partial charge in [-0.15, -0.1) is 0 Å². The first kappa shape index (κ1) is 18.8. The third-order valence-electron chi connectivity index (χ3n) is 4.40. The fourth-order valence-electron chi connectivity index (χ4n) is 2.99. The Bertz CT molecular complexity index is 834. The highest BCUT2D eigenvalue weighted by Crippen LogP contribution is 2.38. The van der Waals surface area contributed by atoms with Crippen molar-refractivity contribution < 1.29 is 14.3 Å². The lowest BCUT2D eigenvalue weighted by Crippen LogP contribution is -2.42. The molecule has 1 aliphatic heterocycles. The summed E-state index contributed by atoms with van der Waals surface area (Å²) in [5.74, 6) is 0.644. The topological polar surface area (TPSA) is 70.7 Å². The van der Waals surface area contributed by atoms with Crippen LogP contribution in [0.25, 0.3) is 0 Å². The highest BCUT2D eigenvalue weighted by atomic mass is 16.5. The first-order chi connectivity index (χ1) is 12.9. The Hall–Kier alpha value is -3.02. The average Bonchev–Trinajstić information content (AvgIpc) is 2.73. The van der Waals surface area contributed by atoms with E-state index in [1.807, 2.05) is 57.2 Å². The summed E-state index contributed by atoms with van der Waals surface area (Å²) in [7, 11) is 0. The van der Waals surface area contributed by atoms with Gasteiger partial charge >= 0.3 is 6.03 Å². The number of hydrogen-bond donors (Lipinski definition) is 2. The van der Waals surface area contributed by atoms with Gasteiger partial charge < -0.3 is 20.3 Å². The predicted molar refractivity (Wildman–Crippen MR) is 107 cm³/mol. The lowest BCUT2D eigenvalue weighted by Gasteiger charge is -2.27. The second kappa shape index (κ2) is 7.70. The van der Waals surface area contributed by atoms with Crippen molar-refractivity contribution in [2.24, 2.45) is 5.41 Å². The van der Waals surface area contributed by atoms with Gasteiger partial charge in [0.1, 0.15) is 12.4 Å². The Balaban J connectivity index is 1.80. The summed E-state index contributed by atoms with van der Waals surface area (Å²) in [6.45, 7) is 6.72. The van der Waals surface area contributed by atoms with Crippen LogP contribution in [0.1, 0.15) is 27.2 Å². The fourth-order valence-corrected chi connectivity index (χ4v) is 2.99. The largest absolute Gasteiger partial charge is 0.490 e. The van der Waals surface area contributed by atoms with Crippen LogP contribution in [0, 0.1) is 5.41 Å². The second-order valence-corrected chi connectivity index (χ2v) is 7.26. The molecule has 2 aromatic carbocycles. The number of carbonyl (C=O) groups is 2. The number of para-hydroxylation sites is 1. The van der Waals surface area contributed by atoms with Crippen LogP contribution in [-0.4, -0.2) is 25.1 Å². The number of nitrogens with zero attached hydrogens (tertiary/aromatic N) is 1. The van der Waals surface area contributed by atoms with Crippen LogP contribution < -0.4 is 20.3 Å². The predicted octanol–water partition coefficient (Wildman–Crippen LogP) is 4.49. The quantitative estimate of drug-likeness (QED) is 0.836. The van der Waals surface area contributed by atoms with E-state index in [0.29, 0.717) is 30.3 Å². The number of fused-ring (bicyclic) bond motifs is 1. The van der Waals surface area contributed by atoms with Crippen LogP contribution in [0.5, 0.6) is 5.75 Å². The van der Waals surface area contributed by atoms with Gasteiger partial charge in [-0.2, -0.15) is 0 Å².